The van der Waals surface area contributed by atoms with E-state index in [9.17, 15) is 43.2 Å². The Bertz CT molecular complexity index is 1570. The third-order valence-corrected chi connectivity index (χ3v) is 7.92. The standard InChI is InChI=1S/C27H18F6O6S2/c28-26(29,30)40(34,35)38-23-15-11-21(12-16-23)25(19-7-3-1-4-8-19,20-9-5-2-6-10-20)22-13-17-24(18-14-22)39-41(36,37)27(31,32)33/h1-18H. The molecule has 0 radical (unpaired) electrons. The first-order valence-corrected chi connectivity index (χ1v) is 14.2. The van der Waals surface area contributed by atoms with Gasteiger partial charge in [-0.3, -0.25) is 0 Å². The molecular weight excluding hydrogens is 598 g/mol. The van der Waals surface area contributed by atoms with Gasteiger partial charge < -0.3 is 8.37 Å². The van der Waals surface area contributed by atoms with Crippen LogP contribution in [0.5, 0.6) is 11.5 Å². The van der Waals surface area contributed by atoms with Crippen LogP contribution in [0.4, 0.5) is 26.3 Å². The van der Waals surface area contributed by atoms with Crippen molar-refractivity contribution in [2.24, 2.45) is 0 Å². The van der Waals surface area contributed by atoms with E-state index in [4.69, 9.17) is 0 Å². The summed E-state index contributed by atoms with van der Waals surface area (Å²) < 4.78 is 131. The number of rotatable bonds is 8. The molecule has 0 atom stereocenters. The van der Waals surface area contributed by atoms with Gasteiger partial charge in [0, 0.05) is 0 Å². The minimum Gasteiger partial charge on any atom is -0.376 e. The van der Waals surface area contributed by atoms with Crippen molar-refractivity contribution >= 4 is 20.2 Å². The zero-order valence-corrected chi connectivity index (χ0v) is 22.1. The lowest BCUT2D eigenvalue weighted by Crippen LogP contribution is -2.31. The molecule has 14 heteroatoms. The molecule has 0 N–H and O–H groups in total. The lowest BCUT2D eigenvalue weighted by atomic mass is 9.65. The first kappa shape index (κ1) is 29.9. The van der Waals surface area contributed by atoms with E-state index in [0.717, 1.165) is 24.3 Å². The molecule has 0 fully saturated rings. The van der Waals surface area contributed by atoms with Gasteiger partial charge in [-0.05, 0) is 46.5 Å². The van der Waals surface area contributed by atoms with E-state index in [2.05, 4.69) is 8.37 Å². The van der Waals surface area contributed by atoms with Crippen LogP contribution in [-0.2, 0) is 25.7 Å². The van der Waals surface area contributed by atoms with Crippen LogP contribution in [0.3, 0.4) is 0 Å². The molecule has 0 unspecified atom stereocenters. The van der Waals surface area contributed by atoms with Gasteiger partial charge in [0.2, 0.25) is 0 Å². The second-order valence-corrected chi connectivity index (χ2v) is 11.6. The van der Waals surface area contributed by atoms with Crippen molar-refractivity contribution in [3.05, 3.63) is 131 Å². The molecule has 0 saturated carbocycles. The minimum absolute atomic E-state index is 0.406. The predicted octanol–water partition coefficient (Wildman–Crippen LogP) is 6.53. The minimum atomic E-state index is -5.93. The number of benzene rings is 4. The van der Waals surface area contributed by atoms with Crippen LogP contribution in [0.1, 0.15) is 22.3 Å². The van der Waals surface area contributed by atoms with Crippen molar-refractivity contribution < 1.29 is 51.5 Å². The molecule has 216 valence electrons. The van der Waals surface area contributed by atoms with Gasteiger partial charge in [-0.25, -0.2) is 0 Å². The van der Waals surface area contributed by atoms with Crippen LogP contribution >= 0.6 is 0 Å². The summed E-state index contributed by atoms with van der Waals surface area (Å²) in [5, 5.41) is 0. The number of hydrogen-bond acceptors (Lipinski definition) is 6. The summed E-state index contributed by atoms with van der Waals surface area (Å²) in [6.45, 7) is 0. The van der Waals surface area contributed by atoms with Crippen LogP contribution in [0, 0.1) is 0 Å². The fourth-order valence-corrected chi connectivity index (χ4v) is 5.16. The van der Waals surface area contributed by atoms with Gasteiger partial charge in [0.15, 0.2) is 0 Å². The lowest BCUT2D eigenvalue weighted by molar-refractivity contribution is -0.0504. The second-order valence-electron chi connectivity index (χ2n) is 8.50. The van der Waals surface area contributed by atoms with Crippen LogP contribution in [0.15, 0.2) is 109 Å². The van der Waals surface area contributed by atoms with Gasteiger partial charge in [-0.15, -0.1) is 0 Å². The van der Waals surface area contributed by atoms with E-state index in [0.29, 0.717) is 22.3 Å². The van der Waals surface area contributed by atoms with Gasteiger partial charge in [0.1, 0.15) is 11.5 Å². The highest BCUT2D eigenvalue weighted by Gasteiger charge is 2.49. The largest absolute Gasteiger partial charge is 0.534 e. The summed E-state index contributed by atoms with van der Waals surface area (Å²) in [7, 11) is -11.9. The second kappa shape index (κ2) is 10.7. The fraction of sp³-hybridized carbons (Fsp3) is 0.111. The van der Waals surface area contributed by atoms with Crippen LogP contribution in [0.2, 0.25) is 0 Å². The molecule has 0 saturated heterocycles. The third kappa shape index (κ3) is 5.88. The molecule has 0 heterocycles. The van der Waals surface area contributed by atoms with E-state index < -0.39 is 48.2 Å². The molecular formula is C27H18F6O6S2. The topological polar surface area (TPSA) is 86.7 Å². The molecule has 0 spiro atoms. The summed E-state index contributed by atoms with van der Waals surface area (Å²) in [4.78, 5) is 0. The van der Waals surface area contributed by atoms with E-state index in [1.165, 1.54) is 24.3 Å². The predicted molar refractivity (Wildman–Crippen MR) is 136 cm³/mol. The van der Waals surface area contributed by atoms with Crippen LogP contribution in [0.25, 0.3) is 0 Å². The van der Waals surface area contributed by atoms with Crippen molar-refractivity contribution in [1.82, 2.24) is 0 Å². The molecule has 4 aromatic carbocycles. The summed E-state index contributed by atoms with van der Waals surface area (Å²) in [6, 6.07) is 26.8. The molecule has 0 aliphatic carbocycles. The molecule has 0 aromatic heterocycles. The molecule has 0 aliphatic rings. The summed E-state index contributed by atoms with van der Waals surface area (Å²) >= 11 is 0. The molecule has 6 nitrogen and oxygen atoms in total. The van der Waals surface area contributed by atoms with Gasteiger partial charge >= 0.3 is 31.3 Å². The van der Waals surface area contributed by atoms with Gasteiger partial charge in [-0.1, -0.05) is 84.9 Å². The zero-order valence-electron chi connectivity index (χ0n) is 20.4. The first-order chi connectivity index (χ1) is 19.1. The first-order valence-electron chi connectivity index (χ1n) is 11.4. The van der Waals surface area contributed by atoms with E-state index in [1.807, 2.05) is 0 Å². The Morgan fingerprint density at radius 3 is 0.951 bits per heavy atom. The average molecular weight is 617 g/mol. The maximum absolute atomic E-state index is 12.8. The quantitative estimate of drug-likeness (QED) is 0.0969. The van der Waals surface area contributed by atoms with Crippen LogP contribution < -0.4 is 8.37 Å². The van der Waals surface area contributed by atoms with E-state index >= 15 is 0 Å². The molecule has 0 amide bonds. The van der Waals surface area contributed by atoms with E-state index in [1.54, 1.807) is 60.7 Å². The Morgan fingerprint density at radius 2 is 0.683 bits per heavy atom. The normalized spacial score (nSPS) is 13.0. The Labute approximate surface area is 231 Å². The maximum Gasteiger partial charge on any atom is 0.534 e. The smallest absolute Gasteiger partial charge is 0.376 e. The highest BCUT2D eigenvalue weighted by atomic mass is 32.2. The molecule has 0 bridgehead atoms. The molecule has 4 aromatic rings. The Hall–Kier alpha value is -4.04. The van der Waals surface area contributed by atoms with Crippen molar-refractivity contribution in [3.8, 4) is 11.5 Å². The average Bonchev–Trinajstić information content (AvgIpc) is 2.90. The third-order valence-electron chi connectivity index (χ3n) is 5.97. The summed E-state index contributed by atoms with van der Waals surface area (Å²) in [6.07, 6.45) is 0. The van der Waals surface area contributed by atoms with Crippen LogP contribution in [-0.4, -0.2) is 27.9 Å². The van der Waals surface area contributed by atoms with Crippen molar-refractivity contribution in [1.29, 1.82) is 0 Å². The number of halogens is 6. The molecule has 41 heavy (non-hydrogen) atoms. The number of hydrogen-bond donors (Lipinski definition) is 0. The maximum atomic E-state index is 12.8. The monoisotopic (exact) mass is 616 g/mol. The molecule has 0 aliphatic heterocycles. The summed E-state index contributed by atoms with van der Waals surface area (Å²) in [5.74, 6) is -1.22. The lowest BCUT2D eigenvalue weighted by Gasteiger charge is -2.37. The Kier molecular flexibility index (Phi) is 7.84. The van der Waals surface area contributed by atoms with E-state index in [-0.39, 0.29) is 0 Å². The SMILES string of the molecule is O=S(=O)(Oc1ccc(C(c2ccccc2)(c2ccccc2)c2ccc(OS(=O)(=O)C(F)(F)F)cc2)cc1)C(F)(F)F. The number of alkyl halides is 6. The van der Waals surface area contributed by atoms with Gasteiger partial charge in [0.25, 0.3) is 0 Å². The Balaban J connectivity index is 1.90. The van der Waals surface area contributed by atoms with Gasteiger partial charge in [-0.2, -0.15) is 43.2 Å². The Morgan fingerprint density at radius 1 is 0.415 bits per heavy atom. The van der Waals surface area contributed by atoms with Crippen molar-refractivity contribution in [2.45, 2.75) is 16.4 Å². The fourth-order valence-electron chi connectivity index (χ4n) is 4.25. The molecule has 4 rings (SSSR count). The van der Waals surface area contributed by atoms with Crippen molar-refractivity contribution in [2.75, 3.05) is 0 Å². The van der Waals surface area contributed by atoms with Gasteiger partial charge in [0.05, 0.1) is 5.41 Å². The summed E-state index contributed by atoms with van der Waals surface area (Å²) in [5.41, 5.74) is -10.5. The highest BCUT2D eigenvalue weighted by molar-refractivity contribution is 7.88. The highest BCUT2D eigenvalue weighted by Crippen LogP contribution is 2.46. The zero-order chi connectivity index (χ0) is 30.1. The van der Waals surface area contributed by atoms with Crippen molar-refractivity contribution in [3.63, 3.8) is 0 Å².